The fourth-order valence-corrected chi connectivity index (χ4v) is 3.35. The minimum Gasteiger partial charge on any atom is -0.507 e. The van der Waals surface area contributed by atoms with Crippen molar-refractivity contribution in [3.63, 3.8) is 0 Å². The van der Waals surface area contributed by atoms with E-state index in [1.807, 2.05) is 68.4 Å². The number of hydrogen-bond acceptors (Lipinski definition) is 4. The van der Waals surface area contributed by atoms with Gasteiger partial charge < -0.3 is 14.9 Å². The summed E-state index contributed by atoms with van der Waals surface area (Å²) in [7, 11) is 0. The van der Waals surface area contributed by atoms with Crippen molar-refractivity contribution in [2.45, 2.75) is 78.6 Å². The molecular weight excluding hydrogens is 392 g/mol. The van der Waals surface area contributed by atoms with Crippen molar-refractivity contribution in [3.05, 3.63) is 58.1 Å². The SMILES string of the molecule is CC(C)(C)c1cc(C(=O)O)c(OC(=O)c2cccc(C(C)(C)C)c2O)c(C(C)(C)C)c1. The molecule has 0 fully saturated rings. The van der Waals surface area contributed by atoms with Gasteiger partial charge in [-0.1, -0.05) is 80.5 Å². The number of hydrogen-bond donors (Lipinski definition) is 2. The van der Waals surface area contributed by atoms with E-state index in [0.717, 1.165) is 5.56 Å². The number of carboxylic acids is 1. The molecule has 0 saturated heterocycles. The van der Waals surface area contributed by atoms with Gasteiger partial charge in [-0.3, -0.25) is 0 Å². The van der Waals surface area contributed by atoms with Crippen LogP contribution in [0.3, 0.4) is 0 Å². The Bertz CT molecular complexity index is 1010. The van der Waals surface area contributed by atoms with Gasteiger partial charge in [-0.05, 0) is 33.9 Å². The van der Waals surface area contributed by atoms with Gasteiger partial charge >= 0.3 is 11.9 Å². The van der Waals surface area contributed by atoms with Crippen molar-refractivity contribution >= 4 is 11.9 Å². The lowest BCUT2D eigenvalue weighted by Gasteiger charge is -2.28. The average molecular weight is 427 g/mol. The molecule has 2 aromatic rings. The third kappa shape index (κ3) is 5.27. The molecular formula is C26H34O5. The highest BCUT2D eigenvalue weighted by atomic mass is 16.5. The normalized spacial score (nSPS) is 12.5. The molecule has 0 aromatic heterocycles. The number of esters is 1. The molecule has 0 aliphatic heterocycles. The second kappa shape index (κ2) is 8.03. The third-order valence-electron chi connectivity index (χ3n) is 5.25. The van der Waals surface area contributed by atoms with E-state index in [9.17, 15) is 19.8 Å². The Labute approximate surface area is 185 Å². The van der Waals surface area contributed by atoms with E-state index in [1.165, 1.54) is 6.07 Å². The minimum atomic E-state index is -1.17. The molecule has 31 heavy (non-hydrogen) atoms. The lowest BCUT2D eigenvalue weighted by Crippen LogP contribution is -2.22. The Balaban J connectivity index is 2.69. The van der Waals surface area contributed by atoms with E-state index in [4.69, 9.17) is 4.74 Å². The summed E-state index contributed by atoms with van der Waals surface area (Å²) in [6, 6.07) is 8.38. The minimum absolute atomic E-state index is 0.00326. The maximum absolute atomic E-state index is 13.1. The summed E-state index contributed by atoms with van der Waals surface area (Å²) in [5.41, 5.74) is 0.865. The van der Waals surface area contributed by atoms with Gasteiger partial charge in [-0.15, -0.1) is 0 Å². The number of para-hydroxylation sites is 1. The van der Waals surface area contributed by atoms with Gasteiger partial charge in [0.1, 0.15) is 22.6 Å². The number of carboxylic acid groups (broad SMARTS) is 1. The number of benzene rings is 2. The van der Waals surface area contributed by atoms with Gasteiger partial charge in [0.2, 0.25) is 0 Å². The second-order valence-electron chi connectivity index (χ2n) is 11.0. The Morgan fingerprint density at radius 2 is 1.32 bits per heavy atom. The van der Waals surface area contributed by atoms with Crippen molar-refractivity contribution < 1.29 is 24.5 Å². The smallest absolute Gasteiger partial charge is 0.347 e. The van der Waals surface area contributed by atoms with Crippen LogP contribution in [0.15, 0.2) is 30.3 Å². The van der Waals surface area contributed by atoms with E-state index in [1.54, 1.807) is 18.2 Å². The maximum atomic E-state index is 13.1. The van der Waals surface area contributed by atoms with Crippen LogP contribution in [0.1, 0.15) is 99.7 Å². The van der Waals surface area contributed by atoms with Crippen LogP contribution in [0.5, 0.6) is 11.5 Å². The molecule has 0 aliphatic rings. The summed E-state index contributed by atoms with van der Waals surface area (Å²) in [5, 5.41) is 20.6. The predicted octanol–water partition coefficient (Wildman–Crippen LogP) is 6.20. The van der Waals surface area contributed by atoms with Crippen molar-refractivity contribution in [1.82, 2.24) is 0 Å². The second-order valence-corrected chi connectivity index (χ2v) is 11.0. The molecule has 0 aliphatic carbocycles. The molecule has 2 N–H and O–H groups in total. The zero-order chi connectivity index (χ0) is 23.9. The van der Waals surface area contributed by atoms with Gasteiger partial charge in [-0.2, -0.15) is 0 Å². The number of phenols is 1. The number of aromatic hydroxyl groups is 1. The highest BCUT2D eigenvalue weighted by molar-refractivity contribution is 5.98. The number of aromatic carboxylic acids is 1. The van der Waals surface area contributed by atoms with Gasteiger partial charge in [0, 0.05) is 11.1 Å². The highest BCUT2D eigenvalue weighted by Crippen LogP contribution is 2.40. The topological polar surface area (TPSA) is 83.8 Å². The van der Waals surface area contributed by atoms with E-state index >= 15 is 0 Å². The molecule has 2 rings (SSSR count). The summed E-state index contributed by atoms with van der Waals surface area (Å²) in [4.78, 5) is 25.2. The predicted molar refractivity (Wildman–Crippen MR) is 123 cm³/mol. The van der Waals surface area contributed by atoms with Crippen LogP contribution in [-0.4, -0.2) is 22.2 Å². The molecule has 0 amide bonds. The summed E-state index contributed by atoms with van der Waals surface area (Å²) >= 11 is 0. The quantitative estimate of drug-likeness (QED) is 0.451. The molecule has 0 bridgehead atoms. The fourth-order valence-electron chi connectivity index (χ4n) is 3.35. The van der Waals surface area contributed by atoms with Gasteiger partial charge in [0.15, 0.2) is 0 Å². The molecule has 168 valence electrons. The first-order valence-electron chi connectivity index (χ1n) is 10.4. The van der Waals surface area contributed by atoms with Crippen LogP contribution in [0.4, 0.5) is 0 Å². The monoisotopic (exact) mass is 426 g/mol. The third-order valence-corrected chi connectivity index (χ3v) is 5.25. The zero-order valence-electron chi connectivity index (χ0n) is 20.0. The lowest BCUT2D eigenvalue weighted by molar-refractivity contribution is 0.0679. The number of rotatable bonds is 3. The molecule has 0 heterocycles. The Kier molecular flexibility index (Phi) is 6.33. The summed E-state index contributed by atoms with van der Waals surface area (Å²) < 4.78 is 5.69. The van der Waals surface area contributed by atoms with Gasteiger partial charge in [-0.25, -0.2) is 9.59 Å². The number of phenolic OH excluding ortho intramolecular Hbond substituents is 1. The van der Waals surface area contributed by atoms with Crippen LogP contribution in [0, 0.1) is 0 Å². The first-order valence-corrected chi connectivity index (χ1v) is 10.4. The summed E-state index contributed by atoms with van der Waals surface area (Å²) in [6.45, 7) is 17.6. The van der Waals surface area contributed by atoms with Crippen molar-refractivity contribution in [2.75, 3.05) is 0 Å². The molecule has 2 aromatic carbocycles. The highest BCUT2D eigenvalue weighted by Gasteiger charge is 2.31. The van der Waals surface area contributed by atoms with Crippen LogP contribution in [0.25, 0.3) is 0 Å². The molecule has 0 atom stereocenters. The number of carbonyl (C=O) groups is 2. The molecule has 5 nitrogen and oxygen atoms in total. The van der Waals surface area contributed by atoms with Crippen LogP contribution >= 0.6 is 0 Å². The average Bonchev–Trinajstić information content (AvgIpc) is 2.58. The van der Waals surface area contributed by atoms with Crippen molar-refractivity contribution in [1.29, 1.82) is 0 Å². The first kappa shape index (κ1) is 24.4. The maximum Gasteiger partial charge on any atom is 0.347 e. The standard InChI is InChI=1S/C26H34O5/c1-24(2,3)15-13-17(22(28)29)21(19(14-15)26(7,8)9)31-23(30)16-11-10-12-18(20(16)27)25(4,5)6/h10-14,27H,1-9H3,(H,28,29). The van der Waals surface area contributed by atoms with Gasteiger partial charge in [0.25, 0.3) is 0 Å². The largest absolute Gasteiger partial charge is 0.507 e. The van der Waals surface area contributed by atoms with E-state index in [2.05, 4.69) is 0 Å². The fraction of sp³-hybridized carbons (Fsp3) is 0.462. The number of ether oxygens (including phenoxy) is 1. The van der Waals surface area contributed by atoms with E-state index in [-0.39, 0.29) is 33.5 Å². The molecule has 0 spiro atoms. The first-order chi connectivity index (χ1) is 13.9. The van der Waals surface area contributed by atoms with Crippen LogP contribution in [0.2, 0.25) is 0 Å². The van der Waals surface area contributed by atoms with E-state index in [0.29, 0.717) is 11.1 Å². The van der Waals surface area contributed by atoms with Crippen molar-refractivity contribution in [3.8, 4) is 11.5 Å². The zero-order valence-corrected chi connectivity index (χ0v) is 20.0. The summed E-state index contributed by atoms with van der Waals surface area (Å²) in [5.74, 6) is -2.11. The Morgan fingerprint density at radius 3 is 1.77 bits per heavy atom. The molecule has 0 saturated carbocycles. The Morgan fingerprint density at radius 1 is 0.774 bits per heavy atom. The van der Waals surface area contributed by atoms with Crippen LogP contribution < -0.4 is 4.74 Å². The molecule has 0 radical (unpaired) electrons. The van der Waals surface area contributed by atoms with Crippen molar-refractivity contribution in [2.24, 2.45) is 0 Å². The van der Waals surface area contributed by atoms with E-state index < -0.39 is 17.4 Å². The van der Waals surface area contributed by atoms with Crippen LogP contribution in [-0.2, 0) is 16.2 Å². The Hall–Kier alpha value is -2.82. The summed E-state index contributed by atoms with van der Waals surface area (Å²) in [6.07, 6.45) is 0. The number of carbonyl (C=O) groups excluding carboxylic acids is 1. The molecule has 0 unspecified atom stereocenters. The lowest BCUT2D eigenvalue weighted by atomic mass is 9.79. The molecule has 5 heteroatoms. The van der Waals surface area contributed by atoms with Gasteiger partial charge in [0.05, 0.1) is 0 Å².